The number of nitrogens with zero attached hydrogens (tertiary/aromatic N) is 2. The first-order chi connectivity index (χ1) is 12.7. The van der Waals surface area contributed by atoms with Crippen molar-refractivity contribution >= 4 is 6.03 Å². The van der Waals surface area contributed by atoms with E-state index in [0.29, 0.717) is 13.0 Å². The van der Waals surface area contributed by atoms with E-state index in [1.165, 1.54) is 0 Å². The second-order valence-corrected chi connectivity index (χ2v) is 6.35. The Labute approximate surface area is 151 Å². The number of hydrogen-bond donors (Lipinski definition) is 3. The van der Waals surface area contributed by atoms with Crippen molar-refractivity contribution in [3.05, 3.63) is 83.7 Å². The average Bonchev–Trinajstić information content (AvgIpc) is 3.29. The summed E-state index contributed by atoms with van der Waals surface area (Å²) in [6, 6.07) is 16.7. The van der Waals surface area contributed by atoms with Crippen LogP contribution in [0.1, 0.15) is 22.7 Å². The predicted octanol–water partition coefficient (Wildman–Crippen LogP) is 2.33. The number of hydrogen-bond acceptors (Lipinski definition) is 3. The zero-order valence-corrected chi connectivity index (χ0v) is 14.2. The van der Waals surface area contributed by atoms with E-state index in [-0.39, 0.29) is 12.1 Å². The van der Waals surface area contributed by atoms with Gasteiger partial charge < -0.3 is 15.7 Å². The Morgan fingerprint density at radius 2 is 1.96 bits per heavy atom. The van der Waals surface area contributed by atoms with Crippen LogP contribution in [0.3, 0.4) is 0 Å². The van der Waals surface area contributed by atoms with Crippen LogP contribution in [0.15, 0.2) is 67.0 Å². The van der Waals surface area contributed by atoms with Crippen LogP contribution in [-0.4, -0.2) is 27.0 Å². The normalized spacial score (nSPS) is 18.3. The number of fused-ring (bicyclic) bond motifs is 1. The van der Waals surface area contributed by atoms with E-state index in [2.05, 4.69) is 15.7 Å². The molecule has 1 aliphatic carbocycles. The van der Waals surface area contributed by atoms with Crippen molar-refractivity contribution < 1.29 is 9.90 Å². The molecule has 0 saturated heterocycles. The Morgan fingerprint density at radius 1 is 1.15 bits per heavy atom. The third kappa shape index (κ3) is 3.19. The summed E-state index contributed by atoms with van der Waals surface area (Å²) in [5, 5.41) is 20.3. The number of rotatable bonds is 4. The fourth-order valence-electron chi connectivity index (χ4n) is 3.41. The number of nitrogens with one attached hydrogen (secondary N) is 2. The van der Waals surface area contributed by atoms with Gasteiger partial charge in [0.15, 0.2) is 0 Å². The molecule has 0 unspecified atom stereocenters. The minimum absolute atomic E-state index is 0.305. The number of para-hydroxylation sites is 1. The van der Waals surface area contributed by atoms with E-state index in [4.69, 9.17) is 0 Å². The molecule has 0 radical (unpaired) electrons. The third-order valence-corrected chi connectivity index (χ3v) is 4.67. The third-order valence-electron chi connectivity index (χ3n) is 4.67. The van der Waals surface area contributed by atoms with Gasteiger partial charge in [-0.1, -0.05) is 42.5 Å². The first-order valence-electron chi connectivity index (χ1n) is 8.60. The van der Waals surface area contributed by atoms with E-state index in [1.807, 2.05) is 60.8 Å². The van der Waals surface area contributed by atoms with Crippen molar-refractivity contribution in [1.29, 1.82) is 0 Å². The Morgan fingerprint density at radius 3 is 2.81 bits per heavy atom. The standard InChI is InChI=1S/C20H20N4O2/c25-18-12-14-6-1-3-8-16(14)19(18)23-20(26)21-13-15-7-2-4-9-17(15)24-11-5-10-22-24/h1-11,18-19,25H,12-13H2,(H2,21,23,26)/t18-,19+/m1/s1. The molecule has 2 aromatic carbocycles. The lowest BCUT2D eigenvalue weighted by Gasteiger charge is -2.19. The molecular weight excluding hydrogens is 328 g/mol. The number of aromatic nitrogens is 2. The van der Waals surface area contributed by atoms with E-state index in [1.54, 1.807) is 10.9 Å². The van der Waals surface area contributed by atoms with Crippen molar-refractivity contribution in [3.8, 4) is 5.69 Å². The number of carbonyl (C=O) groups excluding carboxylic acids is 1. The summed E-state index contributed by atoms with van der Waals surface area (Å²) < 4.78 is 1.77. The molecule has 0 bridgehead atoms. The Kier molecular flexibility index (Phi) is 4.41. The molecule has 1 aromatic heterocycles. The average molecular weight is 348 g/mol. The highest BCUT2D eigenvalue weighted by atomic mass is 16.3. The van der Waals surface area contributed by atoms with Crippen molar-refractivity contribution in [3.63, 3.8) is 0 Å². The molecule has 6 nitrogen and oxygen atoms in total. The Hall–Kier alpha value is -3.12. The van der Waals surface area contributed by atoms with Crippen molar-refractivity contribution in [2.24, 2.45) is 0 Å². The van der Waals surface area contributed by atoms with Gasteiger partial charge in [0.25, 0.3) is 0 Å². The maximum Gasteiger partial charge on any atom is 0.315 e. The van der Waals surface area contributed by atoms with Gasteiger partial charge in [-0.25, -0.2) is 9.48 Å². The van der Waals surface area contributed by atoms with Crippen LogP contribution in [0.5, 0.6) is 0 Å². The Balaban J connectivity index is 1.43. The molecule has 26 heavy (non-hydrogen) atoms. The van der Waals surface area contributed by atoms with Gasteiger partial charge >= 0.3 is 6.03 Å². The summed E-state index contributed by atoms with van der Waals surface area (Å²) in [5.41, 5.74) is 3.93. The molecule has 0 aliphatic heterocycles. The van der Waals surface area contributed by atoms with Crippen LogP contribution in [0.25, 0.3) is 5.69 Å². The van der Waals surface area contributed by atoms with Crippen LogP contribution in [0, 0.1) is 0 Å². The SMILES string of the molecule is O=C(NCc1ccccc1-n1cccn1)N[C@H]1c2ccccc2C[C@H]1O. The van der Waals surface area contributed by atoms with Crippen LogP contribution in [0.4, 0.5) is 4.79 Å². The fourth-order valence-corrected chi connectivity index (χ4v) is 3.41. The van der Waals surface area contributed by atoms with Crippen LogP contribution < -0.4 is 10.6 Å². The van der Waals surface area contributed by atoms with Gasteiger partial charge in [-0.15, -0.1) is 0 Å². The van der Waals surface area contributed by atoms with Gasteiger partial charge in [0.05, 0.1) is 17.8 Å². The molecule has 3 aromatic rings. The Bertz CT molecular complexity index is 908. The van der Waals surface area contributed by atoms with E-state index >= 15 is 0 Å². The van der Waals surface area contributed by atoms with Crippen LogP contribution in [0.2, 0.25) is 0 Å². The molecule has 1 aliphatic rings. The highest BCUT2D eigenvalue weighted by molar-refractivity contribution is 5.75. The molecule has 0 fully saturated rings. The number of carbonyl (C=O) groups is 1. The highest BCUT2D eigenvalue weighted by Crippen LogP contribution is 2.31. The van der Waals surface area contributed by atoms with E-state index in [9.17, 15) is 9.90 Å². The lowest BCUT2D eigenvalue weighted by molar-refractivity contribution is 0.142. The molecule has 0 saturated carbocycles. The summed E-state index contributed by atoms with van der Waals surface area (Å²) in [5.74, 6) is 0. The minimum Gasteiger partial charge on any atom is -0.390 e. The largest absolute Gasteiger partial charge is 0.390 e. The molecule has 2 amide bonds. The monoisotopic (exact) mass is 348 g/mol. The summed E-state index contributed by atoms with van der Waals surface area (Å²) in [7, 11) is 0. The summed E-state index contributed by atoms with van der Waals surface area (Å²) >= 11 is 0. The zero-order chi connectivity index (χ0) is 17.9. The van der Waals surface area contributed by atoms with E-state index in [0.717, 1.165) is 22.4 Å². The molecule has 2 atom stereocenters. The van der Waals surface area contributed by atoms with Gasteiger partial charge in [-0.2, -0.15) is 5.10 Å². The van der Waals surface area contributed by atoms with Gasteiger partial charge in [0.2, 0.25) is 0 Å². The second kappa shape index (κ2) is 7.01. The summed E-state index contributed by atoms with van der Waals surface area (Å²) in [6.07, 6.45) is 3.54. The molecule has 1 heterocycles. The van der Waals surface area contributed by atoms with Crippen molar-refractivity contribution in [2.75, 3.05) is 0 Å². The van der Waals surface area contributed by atoms with E-state index < -0.39 is 6.10 Å². The first-order valence-corrected chi connectivity index (χ1v) is 8.60. The van der Waals surface area contributed by atoms with Gasteiger partial charge in [0.1, 0.15) is 0 Å². The first kappa shape index (κ1) is 16.4. The molecule has 132 valence electrons. The van der Waals surface area contributed by atoms with Gasteiger partial charge in [-0.05, 0) is 28.8 Å². The smallest absolute Gasteiger partial charge is 0.315 e. The predicted molar refractivity (Wildman–Crippen MR) is 97.8 cm³/mol. The quantitative estimate of drug-likeness (QED) is 0.677. The number of aliphatic hydroxyl groups excluding tert-OH is 1. The summed E-state index contributed by atoms with van der Waals surface area (Å²) in [6.45, 7) is 0.367. The second-order valence-electron chi connectivity index (χ2n) is 6.35. The van der Waals surface area contributed by atoms with Crippen LogP contribution >= 0.6 is 0 Å². The van der Waals surface area contributed by atoms with Crippen molar-refractivity contribution in [1.82, 2.24) is 20.4 Å². The number of benzene rings is 2. The lowest BCUT2D eigenvalue weighted by atomic mass is 10.1. The van der Waals surface area contributed by atoms with Gasteiger partial charge in [-0.3, -0.25) is 0 Å². The molecule has 6 heteroatoms. The zero-order valence-electron chi connectivity index (χ0n) is 14.2. The van der Waals surface area contributed by atoms with Gasteiger partial charge in [0, 0.05) is 25.4 Å². The number of aliphatic hydroxyl groups is 1. The number of urea groups is 1. The molecular formula is C20H20N4O2. The fraction of sp³-hybridized carbons (Fsp3) is 0.200. The lowest BCUT2D eigenvalue weighted by Crippen LogP contribution is -2.40. The molecule has 0 spiro atoms. The maximum absolute atomic E-state index is 12.4. The summed E-state index contributed by atoms with van der Waals surface area (Å²) in [4.78, 5) is 12.4. The topological polar surface area (TPSA) is 79.2 Å². The van der Waals surface area contributed by atoms with Crippen LogP contribution in [-0.2, 0) is 13.0 Å². The molecule has 4 rings (SSSR count). The highest BCUT2D eigenvalue weighted by Gasteiger charge is 2.31. The minimum atomic E-state index is -0.602. The molecule has 3 N–H and O–H groups in total. The van der Waals surface area contributed by atoms with Crippen molar-refractivity contribution in [2.45, 2.75) is 25.1 Å². The number of amides is 2. The maximum atomic E-state index is 12.4.